The van der Waals surface area contributed by atoms with E-state index >= 15 is 0 Å². The molecule has 1 aliphatic rings. The molecule has 3 heteroatoms. The average Bonchev–Trinajstić information content (AvgIpc) is 2.72. The van der Waals surface area contributed by atoms with Gasteiger partial charge in [-0.25, -0.2) is 0 Å². The van der Waals surface area contributed by atoms with Crippen LogP contribution >= 0.6 is 0 Å². The zero-order valence-electron chi connectivity index (χ0n) is 16.3. The lowest BCUT2D eigenvalue weighted by molar-refractivity contribution is 0.0951. The van der Waals surface area contributed by atoms with Crippen LogP contribution in [0.15, 0.2) is 72.8 Å². The van der Waals surface area contributed by atoms with E-state index in [0.717, 1.165) is 31.6 Å². The Morgan fingerprint density at radius 3 is 2.50 bits per heavy atom. The average molecular weight is 370 g/mol. The Balaban J connectivity index is 1.33. The van der Waals surface area contributed by atoms with Gasteiger partial charge < -0.3 is 5.32 Å². The Labute approximate surface area is 167 Å². The molecule has 0 saturated carbocycles. The van der Waals surface area contributed by atoms with E-state index < -0.39 is 0 Å². The number of carbonyl (C=O) groups excluding carboxylic acids is 1. The van der Waals surface area contributed by atoms with Gasteiger partial charge in [0.25, 0.3) is 5.91 Å². The third-order valence-electron chi connectivity index (χ3n) is 5.37. The van der Waals surface area contributed by atoms with Crippen LogP contribution in [0.1, 0.15) is 38.2 Å². The van der Waals surface area contributed by atoms with Crippen LogP contribution in [-0.4, -0.2) is 17.4 Å². The summed E-state index contributed by atoms with van der Waals surface area (Å²) in [6.45, 7) is 5.60. The number of nitrogens with one attached hydrogen (secondary N) is 1. The van der Waals surface area contributed by atoms with E-state index in [4.69, 9.17) is 0 Å². The minimum Gasteiger partial charge on any atom is -0.348 e. The second-order valence-corrected chi connectivity index (χ2v) is 7.60. The molecule has 0 radical (unpaired) electrons. The van der Waals surface area contributed by atoms with Crippen molar-refractivity contribution in [3.8, 4) is 0 Å². The van der Waals surface area contributed by atoms with E-state index in [0.29, 0.717) is 12.1 Å². The van der Waals surface area contributed by atoms with E-state index in [9.17, 15) is 4.79 Å². The standard InChI is InChI=1S/C25H26N2O/c1-19-5-4-6-21(15-19)16-26-25(28)23-11-9-20(10-12-23)17-27-14-13-22-7-2-3-8-24(22)18-27/h2-12,15H,13-14,16-18H2,1H3,(H,26,28). The van der Waals surface area contributed by atoms with Gasteiger partial charge in [-0.2, -0.15) is 0 Å². The lowest BCUT2D eigenvalue weighted by Crippen LogP contribution is -2.30. The number of aryl methyl sites for hydroxylation is 1. The van der Waals surface area contributed by atoms with Crippen LogP contribution in [-0.2, 0) is 26.1 Å². The van der Waals surface area contributed by atoms with Crippen molar-refractivity contribution in [3.63, 3.8) is 0 Å². The van der Waals surface area contributed by atoms with Crippen molar-refractivity contribution in [2.24, 2.45) is 0 Å². The predicted molar refractivity (Wildman–Crippen MR) is 113 cm³/mol. The van der Waals surface area contributed by atoms with Crippen molar-refractivity contribution in [1.82, 2.24) is 10.2 Å². The van der Waals surface area contributed by atoms with Gasteiger partial charge in [-0.3, -0.25) is 9.69 Å². The highest BCUT2D eigenvalue weighted by atomic mass is 16.1. The molecule has 3 nitrogen and oxygen atoms in total. The summed E-state index contributed by atoms with van der Waals surface area (Å²) < 4.78 is 0. The first-order chi connectivity index (χ1) is 13.7. The Morgan fingerprint density at radius 2 is 1.71 bits per heavy atom. The minimum atomic E-state index is -0.0278. The SMILES string of the molecule is Cc1cccc(CNC(=O)c2ccc(CN3CCc4ccccc4C3)cc2)c1. The second-order valence-electron chi connectivity index (χ2n) is 7.60. The van der Waals surface area contributed by atoms with Gasteiger partial charge in [-0.1, -0.05) is 66.2 Å². The highest BCUT2D eigenvalue weighted by molar-refractivity contribution is 5.94. The smallest absolute Gasteiger partial charge is 0.251 e. The Morgan fingerprint density at radius 1 is 0.929 bits per heavy atom. The van der Waals surface area contributed by atoms with E-state index in [2.05, 4.69) is 65.7 Å². The fraction of sp³-hybridized carbons (Fsp3) is 0.240. The largest absolute Gasteiger partial charge is 0.348 e. The summed E-state index contributed by atoms with van der Waals surface area (Å²) in [4.78, 5) is 14.9. The third kappa shape index (κ3) is 4.49. The molecule has 1 heterocycles. The third-order valence-corrected chi connectivity index (χ3v) is 5.37. The minimum absolute atomic E-state index is 0.0278. The molecule has 0 atom stereocenters. The molecule has 28 heavy (non-hydrogen) atoms. The lowest BCUT2D eigenvalue weighted by Gasteiger charge is -2.28. The Kier molecular flexibility index (Phi) is 5.54. The molecular weight excluding hydrogens is 344 g/mol. The van der Waals surface area contributed by atoms with Gasteiger partial charge in [0.1, 0.15) is 0 Å². The van der Waals surface area contributed by atoms with Gasteiger partial charge in [0.05, 0.1) is 0 Å². The number of rotatable bonds is 5. The monoisotopic (exact) mass is 370 g/mol. The Bertz CT molecular complexity index is 962. The lowest BCUT2D eigenvalue weighted by atomic mass is 9.99. The van der Waals surface area contributed by atoms with Crippen molar-refractivity contribution in [2.75, 3.05) is 6.54 Å². The normalized spacial score (nSPS) is 13.8. The Hall–Kier alpha value is -2.91. The summed E-state index contributed by atoms with van der Waals surface area (Å²) in [5.41, 5.74) is 7.18. The second kappa shape index (κ2) is 8.41. The number of benzene rings is 3. The zero-order chi connectivity index (χ0) is 19.3. The van der Waals surface area contributed by atoms with Crippen LogP contribution in [0.3, 0.4) is 0 Å². The fourth-order valence-corrected chi connectivity index (χ4v) is 3.82. The summed E-state index contributed by atoms with van der Waals surface area (Å²) in [6, 6.07) is 24.9. The summed E-state index contributed by atoms with van der Waals surface area (Å²) in [5, 5.41) is 3.00. The summed E-state index contributed by atoms with van der Waals surface area (Å²) in [7, 11) is 0. The first-order valence-electron chi connectivity index (χ1n) is 9.89. The van der Waals surface area contributed by atoms with E-state index in [1.807, 2.05) is 24.3 Å². The van der Waals surface area contributed by atoms with Gasteiger partial charge in [-0.15, -0.1) is 0 Å². The van der Waals surface area contributed by atoms with Gasteiger partial charge in [0.2, 0.25) is 0 Å². The van der Waals surface area contributed by atoms with Gasteiger partial charge in [-0.05, 0) is 47.7 Å². The van der Waals surface area contributed by atoms with Crippen LogP contribution in [0.25, 0.3) is 0 Å². The fourth-order valence-electron chi connectivity index (χ4n) is 3.82. The number of nitrogens with zero attached hydrogens (tertiary/aromatic N) is 1. The van der Waals surface area contributed by atoms with Crippen molar-refractivity contribution in [3.05, 3.63) is 106 Å². The van der Waals surface area contributed by atoms with Crippen LogP contribution in [0.5, 0.6) is 0 Å². The van der Waals surface area contributed by atoms with E-state index in [1.54, 1.807) is 0 Å². The number of hydrogen-bond donors (Lipinski definition) is 1. The molecule has 1 N–H and O–H groups in total. The van der Waals surface area contributed by atoms with Crippen LogP contribution in [0.2, 0.25) is 0 Å². The van der Waals surface area contributed by atoms with Crippen LogP contribution in [0, 0.1) is 6.92 Å². The topological polar surface area (TPSA) is 32.3 Å². The summed E-state index contributed by atoms with van der Waals surface area (Å²) in [6.07, 6.45) is 1.11. The molecule has 4 rings (SSSR count). The molecule has 3 aromatic rings. The molecule has 0 fully saturated rings. The highest BCUT2D eigenvalue weighted by Gasteiger charge is 2.16. The van der Waals surface area contributed by atoms with E-state index in [-0.39, 0.29) is 5.91 Å². The van der Waals surface area contributed by atoms with E-state index in [1.165, 1.54) is 22.3 Å². The first kappa shape index (κ1) is 18.5. The number of fused-ring (bicyclic) bond motifs is 1. The van der Waals surface area contributed by atoms with Crippen LogP contribution < -0.4 is 5.32 Å². The number of hydrogen-bond acceptors (Lipinski definition) is 2. The maximum atomic E-state index is 12.4. The van der Waals surface area contributed by atoms with Crippen molar-refractivity contribution >= 4 is 5.91 Å². The first-order valence-corrected chi connectivity index (χ1v) is 9.89. The van der Waals surface area contributed by atoms with Crippen molar-refractivity contribution in [2.45, 2.75) is 33.0 Å². The van der Waals surface area contributed by atoms with Crippen molar-refractivity contribution in [1.29, 1.82) is 0 Å². The molecule has 0 saturated heterocycles. The molecule has 1 amide bonds. The number of amides is 1. The molecule has 0 spiro atoms. The quantitative estimate of drug-likeness (QED) is 0.718. The molecule has 0 aromatic heterocycles. The molecule has 0 aliphatic carbocycles. The number of carbonyl (C=O) groups is 1. The molecule has 142 valence electrons. The van der Waals surface area contributed by atoms with Gasteiger partial charge in [0, 0.05) is 31.7 Å². The molecule has 1 aliphatic heterocycles. The highest BCUT2D eigenvalue weighted by Crippen LogP contribution is 2.20. The zero-order valence-corrected chi connectivity index (χ0v) is 16.3. The van der Waals surface area contributed by atoms with Crippen LogP contribution in [0.4, 0.5) is 0 Å². The molecule has 3 aromatic carbocycles. The maximum Gasteiger partial charge on any atom is 0.251 e. The molecule has 0 unspecified atom stereocenters. The predicted octanol–water partition coefficient (Wildman–Crippen LogP) is 4.48. The van der Waals surface area contributed by atoms with Crippen molar-refractivity contribution < 1.29 is 4.79 Å². The maximum absolute atomic E-state index is 12.4. The van der Waals surface area contributed by atoms with Gasteiger partial charge >= 0.3 is 0 Å². The van der Waals surface area contributed by atoms with Gasteiger partial charge in [0.15, 0.2) is 0 Å². The molecular formula is C25H26N2O. The summed E-state index contributed by atoms with van der Waals surface area (Å²) in [5.74, 6) is -0.0278. The molecule has 0 bridgehead atoms. The summed E-state index contributed by atoms with van der Waals surface area (Å²) >= 11 is 0.